The number of anilines is 2. The summed E-state index contributed by atoms with van der Waals surface area (Å²) in [5, 5.41) is 24.4. The maximum Gasteiger partial charge on any atom is 0.418 e. The zero-order valence-corrected chi connectivity index (χ0v) is 17.9. The predicted molar refractivity (Wildman–Crippen MR) is 112 cm³/mol. The highest BCUT2D eigenvalue weighted by Gasteiger charge is 2.38. The molecule has 0 bridgehead atoms. The zero-order valence-electron chi connectivity index (χ0n) is 17.9. The number of hydrogen-bond acceptors (Lipinski definition) is 6. The lowest BCUT2D eigenvalue weighted by atomic mass is 10.1. The van der Waals surface area contributed by atoms with Crippen LogP contribution in [0.2, 0.25) is 0 Å². The van der Waals surface area contributed by atoms with Gasteiger partial charge in [0.05, 0.1) is 34.9 Å². The standard InChI is InChI=1S/C21H17F6N7O/c1-12-10-17(33-8-4-18(32-33)34-28-6-7-29-34)14(5-9-35)19(30-12)31-16-3-2-13(20(22,23)24)11-15(16)21(25,26)27/h2-4,6-8,10-11,35H,5,9H2,1H3,(H,30,31). The number of aliphatic hydroxyl groups is 1. The van der Waals surface area contributed by atoms with Crippen LogP contribution in [0.25, 0.3) is 11.5 Å². The molecule has 4 aromatic rings. The van der Waals surface area contributed by atoms with Gasteiger partial charge in [-0.3, -0.25) is 0 Å². The van der Waals surface area contributed by atoms with Gasteiger partial charge in [0.2, 0.25) is 0 Å². The Hall–Kier alpha value is -3.94. The summed E-state index contributed by atoms with van der Waals surface area (Å²) in [6.07, 6.45) is -5.56. The van der Waals surface area contributed by atoms with Crippen LogP contribution in [0, 0.1) is 6.92 Å². The summed E-state index contributed by atoms with van der Waals surface area (Å²) in [6.45, 7) is 1.22. The molecule has 1 aromatic carbocycles. The lowest BCUT2D eigenvalue weighted by molar-refractivity contribution is -0.142. The van der Waals surface area contributed by atoms with Crippen LogP contribution in [-0.2, 0) is 18.8 Å². The minimum atomic E-state index is -5.07. The molecule has 184 valence electrons. The number of rotatable bonds is 6. The first-order valence-corrected chi connectivity index (χ1v) is 10.1. The molecule has 0 saturated heterocycles. The Kier molecular flexibility index (Phi) is 6.23. The second kappa shape index (κ2) is 9.02. The molecule has 3 heterocycles. The zero-order chi connectivity index (χ0) is 25.4. The third-order valence-corrected chi connectivity index (χ3v) is 4.94. The molecule has 0 saturated carbocycles. The minimum Gasteiger partial charge on any atom is -0.396 e. The molecule has 0 unspecified atom stereocenters. The second-order valence-electron chi connectivity index (χ2n) is 7.40. The number of aromatic nitrogens is 6. The number of halogens is 6. The van der Waals surface area contributed by atoms with Crippen molar-refractivity contribution in [1.29, 1.82) is 0 Å². The second-order valence-corrected chi connectivity index (χ2v) is 7.40. The van der Waals surface area contributed by atoms with Gasteiger partial charge in [0.15, 0.2) is 5.82 Å². The van der Waals surface area contributed by atoms with Gasteiger partial charge in [-0.25, -0.2) is 9.67 Å². The van der Waals surface area contributed by atoms with Crippen LogP contribution in [0.3, 0.4) is 0 Å². The highest BCUT2D eigenvalue weighted by atomic mass is 19.4. The van der Waals surface area contributed by atoms with Crippen molar-refractivity contribution in [2.75, 3.05) is 11.9 Å². The van der Waals surface area contributed by atoms with Gasteiger partial charge in [-0.05, 0) is 31.2 Å². The Labute approximate surface area is 193 Å². The molecule has 0 aliphatic heterocycles. The highest BCUT2D eigenvalue weighted by Crippen LogP contribution is 2.40. The molecule has 0 amide bonds. The van der Waals surface area contributed by atoms with Crippen LogP contribution >= 0.6 is 0 Å². The minimum absolute atomic E-state index is 0.0256. The number of hydrogen-bond donors (Lipinski definition) is 2. The first-order valence-electron chi connectivity index (χ1n) is 10.1. The predicted octanol–water partition coefficient (Wildman–Crippen LogP) is 4.47. The van der Waals surface area contributed by atoms with E-state index in [1.54, 1.807) is 25.3 Å². The average molecular weight is 497 g/mol. The lowest BCUT2D eigenvalue weighted by Gasteiger charge is -2.20. The van der Waals surface area contributed by atoms with Gasteiger partial charge >= 0.3 is 12.4 Å². The smallest absolute Gasteiger partial charge is 0.396 e. The number of nitrogens with one attached hydrogen (secondary N) is 1. The first kappa shape index (κ1) is 24.2. The summed E-state index contributed by atoms with van der Waals surface area (Å²) in [5.74, 6) is 0.296. The number of aliphatic hydroxyl groups excluding tert-OH is 1. The van der Waals surface area contributed by atoms with E-state index in [0.717, 1.165) is 0 Å². The van der Waals surface area contributed by atoms with Gasteiger partial charge in [-0.15, -0.1) is 9.90 Å². The van der Waals surface area contributed by atoms with E-state index in [1.807, 2.05) is 0 Å². The van der Waals surface area contributed by atoms with E-state index in [9.17, 15) is 31.4 Å². The van der Waals surface area contributed by atoms with Crippen molar-refractivity contribution in [3.05, 3.63) is 71.3 Å². The van der Waals surface area contributed by atoms with E-state index in [0.29, 0.717) is 34.9 Å². The van der Waals surface area contributed by atoms with Crippen molar-refractivity contribution in [3.8, 4) is 11.5 Å². The molecule has 0 atom stereocenters. The molecule has 0 aliphatic rings. The summed E-state index contributed by atoms with van der Waals surface area (Å²) in [4.78, 5) is 5.50. The van der Waals surface area contributed by atoms with E-state index < -0.39 is 29.2 Å². The molecule has 2 N–H and O–H groups in total. The monoisotopic (exact) mass is 497 g/mol. The van der Waals surface area contributed by atoms with Crippen molar-refractivity contribution in [2.45, 2.75) is 25.7 Å². The molecular formula is C21H17F6N7O. The van der Waals surface area contributed by atoms with E-state index in [4.69, 9.17) is 0 Å². The molecule has 0 fully saturated rings. The van der Waals surface area contributed by atoms with Gasteiger partial charge in [0.25, 0.3) is 0 Å². The largest absolute Gasteiger partial charge is 0.418 e. The molecule has 4 rings (SSSR count). The van der Waals surface area contributed by atoms with Crippen LogP contribution in [0.15, 0.2) is 48.9 Å². The Bertz CT molecular complexity index is 1330. The van der Waals surface area contributed by atoms with Gasteiger partial charge in [0.1, 0.15) is 5.82 Å². The number of alkyl halides is 6. The molecule has 0 spiro atoms. The number of aryl methyl sites for hydroxylation is 1. The molecule has 14 heteroatoms. The fourth-order valence-corrected chi connectivity index (χ4v) is 3.43. The molecule has 8 nitrogen and oxygen atoms in total. The van der Waals surface area contributed by atoms with Crippen LogP contribution in [0.5, 0.6) is 0 Å². The number of pyridine rings is 1. The maximum atomic E-state index is 13.6. The van der Waals surface area contributed by atoms with Crippen LogP contribution < -0.4 is 5.32 Å². The molecule has 0 aliphatic carbocycles. The Morgan fingerprint density at radius 2 is 1.69 bits per heavy atom. The summed E-state index contributed by atoms with van der Waals surface area (Å²) >= 11 is 0. The summed E-state index contributed by atoms with van der Waals surface area (Å²) in [7, 11) is 0. The van der Waals surface area contributed by atoms with Crippen LogP contribution in [-0.4, -0.2) is 41.5 Å². The molecule has 3 aromatic heterocycles. The number of benzene rings is 1. The van der Waals surface area contributed by atoms with Crippen LogP contribution in [0.4, 0.5) is 37.8 Å². The topological polar surface area (TPSA) is 93.7 Å². The van der Waals surface area contributed by atoms with Gasteiger partial charge in [-0.1, -0.05) is 0 Å². The number of nitrogens with zero attached hydrogens (tertiary/aromatic N) is 6. The van der Waals surface area contributed by atoms with Crippen molar-refractivity contribution in [2.24, 2.45) is 0 Å². The maximum absolute atomic E-state index is 13.6. The SMILES string of the molecule is Cc1cc(-n2ccc(-n3nccn3)n2)c(CCO)c(Nc2ccc(C(F)(F)F)cc2C(F)(F)F)n1. The Morgan fingerprint density at radius 1 is 0.971 bits per heavy atom. The average Bonchev–Trinajstić information content (AvgIpc) is 3.46. The fraction of sp³-hybridized carbons (Fsp3) is 0.238. The third kappa shape index (κ3) is 5.11. The molecular weight excluding hydrogens is 480 g/mol. The van der Waals surface area contributed by atoms with Crippen molar-refractivity contribution in [3.63, 3.8) is 0 Å². The molecule has 35 heavy (non-hydrogen) atoms. The van der Waals surface area contributed by atoms with E-state index in [1.165, 1.54) is 21.9 Å². The van der Waals surface area contributed by atoms with E-state index >= 15 is 0 Å². The van der Waals surface area contributed by atoms with Crippen molar-refractivity contribution in [1.82, 2.24) is 29.8 Å². The van der Waals surface area contributed by atoms with Gasteiger partial charge in [0, 0.05) is 36.5 Å². The molecule has 0 radical (unpaired) electrons. The lowest BCUT2D eigenvalue weighted by Crippen LogP contribution is -2.15. The Morgan fingerprint density at radius 3 is 2.31 bits per heavy atom. The summed E-state index contributed by atoms with van der Waals surface area (Å²) in [5.41, 5.74) is -2.46. The normalized spacial score (nSPS) is 12.2. The van der Waals surface area contributed by atoms with Gasteiger partial charge < -0.3 is 10.4 Å². The van der Waals surface area contributed by atoms with Gasteiger partial charge in [-0.2, -0.15) is 36.5 Å². The highest BCUT2D eigenvalue weighted by molar-refractivity contribution is 5.68. The third-order valence-electron chi connectivity index (χ3n) is 4.94. The quantitative estimate of drug-likeness (QED) is 0.382. The fourth-order valence-electron chi connectivity index (χ4n) is 3.43. The van der Waals surface area contributed by atoms with Crippen molar-refractivity contribution < 1.29 is 31.4 Å². The summed E-state index contributed by atoms with van der Waals surface area (Å²) < 4.78 is 81.4. The Balaban J connectivity index is 1.81. The summed E-state index contributed by atoms with van der Waals surface area (Å²) in [6, 6.07) is 4.51. The van der Waals surface area contributed by atoms with Crippen molar-refractivity contribution >= 4 is 11.5 Å². The van der Waals surface area contributed by atoms with E-state index in [2.05, 4.69) is 25.6 Å². The van der Waals surface area contributed by atoms with Crippen LogP contribution in [0.1, 0.15) is 22.4 Å². The first-order chi connectivity index (χ1) is 16.5. The van der Waals surface area contributed by atoms with E-state index in [-0.39, 0.29) is 24.9 Å².